The summed E-state index contributed by atoms with van der Waals surface area (Å²) in [6.07, 6.45) is 0.814. The van der Waals surface area contributed by atoms with Crippen LogP contribution in [0.1, 0.15) is 31.8 Å². The molecule has 0 atom stereocenters. The molecule has 0 radical (unpaired) electrons. The van der Waals surface area contributed by atoms with Crippen LogP contribution in [0.25, 0.3) is 0 Å². The van der Waals surface area contributed by atoms with E-state index in [1.165, 1.54) is 0 Å². The summed E-state index contributed by atoms with van der Waals surface area (Å²) in [6, 6.07) is 3.24. The summed E-state index contributed by atoms with van der Waals surface area (Å²) in [6.45, 7) is -0.0699. The van der Waals surface area contributed by atoms with Crippen molar-refractivity contribution in [1.29, 1.82) is 0 Å². The topological polar surface area (TPSA) is 86.6 Å². The fourth-order valence-electron chi connectivity index (χ4n) is 2.01. The third-order valence-electron chi connectivity index (χ3n) is 2.82. The van der Waals surface area contributed by atoms with E-state index in [4.69, 9.17) is 10.2 Å². The lowest BCUT2D eigenvalue weighted by Gasteiger charge is -2.09. The molecule has 17 heavy (non-hydrogen) atoms. The van der Waals surface area contributed by atoms with Crippen molar-refractivity contribution >= 4 is 11.8 Å². The summed E-state index contributed by atoms with van der Waals surface area (Å²) in [5.41, 5.74) is 2.29. The Morgan fingerprint density at radius 3 is 1.65 bits per heavy atom. The van der Waals surface area contributed by atoms with E-state index in [1.54, 1.807) is 12.1 Å². The normalized spacial score (nSPS) is 13.8. The molecule has 1 aliphatic rings. The molecular formula is C12H13NO4. The monoisotopic (exact) mass is 235 g/mol. The molecule has 0 fully saturated rings. The molecule has 0 spiro atoms. The van der Waals surface area contributed by atoms with Gasteiger partial charge < -0.3 is 10.2 Å². The van der Waals surface area contributed by atoms with Crippen LogP contribution in [0.5, 0.6) is 0 Å². The Hall–Kier alpha value is -1.72. The third-order valence-corrected chi connectivity index (χ3v) is 2.82. The predicted molar refractivity (Wildman–Crippen MR) is 59.8 cm³/mol. The average Bonchev–Trinajstić information content (AvgIpc) is 2.56. The highest BCUT2D eigenvalue weighted by Crippen LogP contribution is 2.22. The average molecular weight is 235 g/mol. The van der Waals surface area contributed by atoms with E-state index in [0.29, 0.717) is 24.0 Å². The van der Waals surface area contributed by atoms with Crippen molar-refractivity contribution in [3.8, 4) is 0 Å². The summed E-state index contributed by atoms with van der Waals surface area (Å²) in [7, 11) is 0. The molecule has 0 unspecified atom stereocenters. The summed E-state index contributed by atoms with van der Waals surface area (Å²) in [5.74, 6) is -0.806. The number of benzene rings is 1. The number of carbonyl (C=O) groups excluding carboxylic acids is 2. The van der Waals surface area contributed by atoms with Gasteiger partial charge in [0.15, 0.2) is 0 Å². The molecule has 0 aliphatic carbocycles. The van der Waals surface area contributed by atoms with Crippen molar-refractivity contribution in [3.63, 3.8) is 0 Å². The van der Waals surface area contributed by atoms with Gasteiger partial charge in [0.2, 0.25) is 0 Å². The summed E-state index contributed by atoms with van der Waals surface area (Å²) in [5, 5.41) is 20.1. The molecule has 1 aromatic rings. The molecule has 5 heteroatoms. The van der Waals surface area contributed by atoms with Gasteiger partial charge in [0.05, 0.1) is 11.1 Å². The fourth-order valence-corrected chi connectivity index (χ4v) is 2.01. The number of imide groups is 1. The zero-order valence-corrected chi connectivity index (χ0v) is 9.19. The Kier molecular flexibility index (Phi) is 3.21. The largest absolute Gasteiger partial charge is 0.396 e. The van der Waals surface area contributed by atoms with E-state index in [2.05, 4.69) is 5.32 Å². The summed E-state index contributed by atoms with van der Waals surface area (Å²) < 4.78 is 0. The highest BCUT2D eigenvalue weighted by molar-refractivity contribution is 6.21. The third kappa shape index (κ3) is 2.07. The molecule has 0 aromatic heterocycles. The Morgan fingerprint density at radius 1 is 0.882 bits per heavy atom. The molecule has 1 aromatic carbocycles. The first-order chi connectivity index (χ1) is 8.17. The molecule has 0 saturated carbocycles. The van der Waals surface area contributed by atoms with Crippen LogP contribution >= 0.6 is 0 Å². The Balaban J connectivity index is 2.50. The maximum absolute atomic E-state index is 11.5. The van der Waals surface area contributed by atoms with Gasteiger partial charge in [-0.3, -0.25) is 14.9 Å². The highest BCUT2D eigenvalue weighted by atomic mass is 16.3. The number of amides is 2. The van der Waals surface area contributed by atoms with Crippen LogP contribution in [-0.2, 0) is 12.8 Å². The molecule has 2 rings (SSSR count). The van der Waals surface area contributed by atoms with Gasteiger partial charge >= 0.3 is 0 Å². The van der Waals surface area contributed by atoms with E-state index in [0.717, 1.165) is 11.1 Å². The van der Waals surface area contributed by atoms with Crippen molar-refractivity contribution in [2.75, 3.05) is 13.2 Å². The predicted octanol–water partition coefficient (Wildman–Crippen LogP) is -0.360. The van der Waals surface area contributed by atoms with E-state index >= 15 is 0 Å². The van der Waals surface area contributed by atoms with Gasteiger partial charge in [-0.05, 0) is 36.1 Å². The summed E-state index contributed by atoms with van der Waals surface area (Å²) in [4.78, 5) is 22.9. The standard InChI is InChI=1S/C12H13NO4/c14-3-1-7-5-9-10(6-8(7)2-4-15)12(17)13-11(9)16/h5-6,14-15H,1-4H2,(H,13,16,17). The van der Waals surface area contributed by atoms with E-state index in [1.807, 2.05) is 0 Å². The van der Waals surface area contributed by atoms with Gasteiger partial charge in [-0.1, -0.05) is 0 Å². The molecule has 0 saturated heterocycles. The van der Waals surface area contributed by atoms with Gasteiger partial charge in [0, 0.05) is 13.2 Å². The number of aliphatic hydroxyl groups excluding tert-OH is 2. The first-order valence-electron chi connectivity index (χ1n) is 5.40. The number of hydrogen-bond acceptors (Lipinski definition) is 4. The van der Waals surface area contributed by atoms with Crippen LogP contribution < -0.4 is 5.32 Å². The highest BCUT2D eigenvalue weighted by Gasteiger charge is 2.27. The number of carbonyl (C=O) groups is 2. The van der Waals surface area contributed by atoms with Gasteiger partial charge in [-0.2, -0.15) is 0 Å². The minimum absolute atomic E-state index is 0.0349. The van der Waals surface area contributed by atoms with Crippen molar-refractivity contribution in [2.24, 2.45) is 0 Å². The lowest BCUT2D eigenvalue weighted by molar-refractivity contribution is 0.0879. The quantitative estimate of drug-likeness (QED) is 0.622. The number of nitrogens with one attached hydrogen (secondary N) is 1. The van der Waals surface area contributed by atoms with Crippen molar-refractivity contribution in [2.45, 2.75) is 12.8 Å². The Morgan fingerprint density at radius 2 is 1.29 bits per heavy atom. The van der Waals surface area contributed by atoms with Crippen molar-refractivity contribution < 1.29 is 19.8 Å². The number of hydrogen-bond donors (Lipinski definition) is 3. The van der Waals surface area contributed by atoms with Crippen LogP contribution in [0.15, 0.2) is 12.1 Å². The first-order valence-corrected chi connectivity index (χ1v) is 5.40. The molecule has 1 aliphatic heterocycles. The minimum atomic E-state index is -0.403. The second-order valence-corrected chi connectivity index (χ2v) is 3.90. The van der Waals surface area contributed by atoms with Gasteiger partial charge in [0.25, 0.3) is 11.8 Å². The van der Waals surface area contributed by atoms with E-state index < -0.39 is 11.8 Å². The summed E-state index contributed by atoms with van der Waals surface area (Å²) >= 11 is 0. The minimum Gasteiger partial charge on any atom is -0.396 e. The van der Waals surface area contributed by atoms with Crippen LogP contribution in [0, 0.1) is 0 Å². The number of fused-ring (bicyclic) bond motifs is 1. The van der Waals surface area contributed by atoms with Gasteiger partial charge in [-0.25, -0.2) is 0 Å². The van der Waals surface area contributed by atoms with Crippen LogP contribution in [0.4, 0.5) is 0 Å². The molecule has 90 valence electrons. The zero-order valence-electron chi connectivity index (χ0n) is 9.19. The van der Waals surface area contributed by atoms with Crippen LogP contribution in [-0.4, -0.2) is 35.2 Å². The lowest BCUT2D eigenvalue weighted by atomic mass is 9.96. The lowest BCUT2D eigenvalue weighted by Crippen LogP contribution is -2.19. The van der Waals surface area contributed by atoms with E-state index in [-0.39, 0.29) is 13.2 Å². The maximum Gasteiger partial charge on any atom is 0.258 e. The molecule has 2 amide bonds. The van der Waals surface area contributed by atoms with Gasteiger partial charge in [-0.15, -0.1) is 0 Å². The molecule has 5 nitrogen and oxygen atoms in total. The zero-order chi connectivity index (χ0) is 12.4. The Labute approximate surface area is 98.1 Å². The van der Waals surface area contributed by atoms with E-state index in [9.17, 15) is 9.59 Å². The van der Waals surface area contributed by atoms with Gasteiger partial charge in [0.1, 0.15) is 0 Å². The SMILES string of the molecule is O=C1NC(=O)c2cc(CCO)c(CCO)cc21. The molecular weight excluding hydrogens is 222 g/mol. The fraction of sp³-hybridized carbons (Fsp3) is 0.333. The maximum atomic E-state index is 11.5. The van der Waals surface area contributed by atoms with Crippen molar-refractivity contribution in [1.82, 2.24) is 5.32 Å². The van der Waals surface area contributed by atoms with Crippen LogP contribution in [0.2, 0.25) is 0 Å². The molecule has 0 bridgehead atoms. The number of rotatable bonds is 4. The first kappa shape index (κ1) is 11.8. The number of aliphatic hydroxyl groups is 2. The second-order valence-electron chi connectivity index (χ2n) is 3.90. The second kappa shape index (κ2) is 4.65. The van der Waals surface area contributed by atoms with Crippen LogP contribution in [0.3, 0.4) is 0 Å². The van der Waals surface area contributed by atoms with Crippen molar-refractivity contribution in [3.05, 3.63) is 34.4 Å². The Bertz CT molecular complexity index is 439. The smallest absolute Gasteiger partial charge is 0.258 e. The molecule has 1 heterocycles. The molecule has 3 N–H and O–H groups in total.